The van der Waals surface area contributed by atoms with Crippen molar-refractivity contribution >= 4 is 21.8 Å². The van der Waals surface area contributed by atoms with Crippen molar-refractivity contribution in [2.45, 2.75) is 25.4 Å². The Kier molecular flexibility index (Phi) is 4.19. The van der Waals surface area contributed by atoms with Crippen molar-refractivity contribution in [1.29, 1.82) is 0 Å². The predicted molar refractivity (Wildman–Crippen MR) is 70.2 cm³/mol. The van der Waals surface area contributed by atoms with E-state index in [-0.39, 0.29) is 30.7 Å². The molecule has 6 heteroatoms. The molecule has 1 saturated heterocycles. The lowest BCUT2D eigenvalue weighted by molar-refractivity contribution is -0.133. The normalized spacial score (nSPS) is 19.2. The second kappa shape index (κ2) is 5.67. The van der Waals surface area contributed by atoms with Crippen LogP contribution in [0.15, 0.2) is 27.6 Å². The SMILES string of the molecule is O=C(Cn1cc(Br)ccc1=O)N1CCC[C@H]1CO. The maximum Gasteiger partial charge on any atom is 0.251 e. The van der Waals surface area contributed by atoms with E-state index in [1.807, 2.05) is 0 Å². The molecule has 1 aliphatic rings. The van der Waals surface area contributed by atoms with Crippen LogP contribution < -0.4 is 5.56 Å². The zero-order valence-electron chi connectivity index (χ0n) is 9.88. The van der Waals surface area contributed by atoms with Crippen LogP contribution in [0.5, 0.6) is 0 Å². The van der Waals surface area contributed by atoms with Gasteiger partial charge in [-0.25, -0.2) is 0 Å². The molecule has 98 valence electrons. The third-order valence-electron chi connectivity index (χ3n) is 3.16. The molecule has 1 fully saturated rings. The number of likely N-dealkylation sites (tertiary alicyclic amines) is 1. The van der Waals surface area contributed by atoms with Crippen LogP contribution in [-0.4, -0.2) is 39.7 Å². The number of amides is 1. The standard InChI is InChI=1S/C12H15BrN2O3/c13-9-3-4-11(17)14(6-9)7-12(18)15-5-1-2-10(15)8-16/h3-4,6,10,16H,1-2,5,7-8H2/t10-/m0/s1. The Labute approximate surface area is 113 Å². The zero-order valence-corrected chi connectivity index (χ0v) is 11.5. The smallest absolute Gasteiger partial charge is 0.251 e. The quantitative estimate of drug-likeness (QED) is 0.888. The molecule has 1 aromatic rings. The van der Waals surface area contributed by atoms with E-state index in [0.29, 0.717) is 6.54 Å². The Morgan fingerprint density at radius 1 is 1.50 bits per heavy atom. The largest absolute Gasteiger partial charge is 0.394 e. The molecule has 0 spiro atoms. The van der Waals surface area contributed by atoms with E-state index in [1.165, 1.54) is 10.6 Å². The lowest BCUT2D eigenvalue weighted by atomic mass is 10.2. The number of aromatic nitrogens is 1. The summed E-state index contributed by atoms with van der Waals surface area (Å²) in [5.74, 6) is -0.119. The van der Waals surface area contributed by atoms with Gasteiger partial charge in [0.15, 0.2) is 0 Å². The van der Waals surface area contributed by atoms with E-state index in [2.05, 4.69) is 15.9 Å². The summed E-state index contributed by atoms with van der Waals surface area (Å²) in [6, 6.07) is 2.97. The number of nitrogens with zero attached hydrogens (tertiary/aromatic N) is 2. The van der Waals surface area contributed by atoms with Crippen molar-refractivity contribution in [1.82, 2.24) is 9.47 Å². The zero-order chi connectivity index (χ0) is 13.1. The van der Waals surface area contributed by atoms with Gasteiger partial charge in [0.25, 0.3) is 5.56 Å². The Balaban J connectivity index is 2.11. The lowest BCUT2D eigenvalue weighted by Crippen LogP contribution is -2.40. The Morgan fingerprint density at radius 2 is 2.28 bits per heavy atom. The van der Waals surface area contributed by atoms with Crippen molar-refractivity contribution in [3.8, 4) is 0 Å². The van der Waals surface area contributed by atoms with E-state index >= 15 is 0 Å². The van der Waals surface area contributed by atoms with Crippen LogP contribution in [0.2, 0.25) is 0 Å². The molecule has 1 aliphatic heterocycles. The predicted octanol–water partition coefficient (Wildman–Crippen LogP) is 0.594. The molecule has 1 aromatic heterocycles. The van der Waals surface area contributed by atoms with Gasteiger partial charge in [-0.2, -0.15) is 0 Å². The van der Waals surface area contributed by atoms with Crippen LogP contribution in [0.3, 0.4) is 0 Å². The van der Waals surface area contributed by atoms with Crippen molar-refractivity contribution in [3.63, 3.8) is 0 Å². The molecule has 5 nitrogen and oxygen atoms in total. The lowest BCUT2D eigenvalue weighted by Gasteiger charge is -2.23. The number of carbonyl (C=O) groups is 1. The average molecular weight is 315 g/mol. The molecule has 1 amide bonds. The topological polar surface area (TPSA) is 62.5 Å². The molecule has 1 N–H and O–H groups in total. The Morgan fingerprint density at radius 3 is 3.00 bits per heavy atom. The highest BCUT2D eigenvalue weighted by atomic mass is 79.9. The van der Waals surface area contributed by atoms with Gasteiger partial charge in [0.1, 0.15) is 6.54 Å². The molecule has 2 heterocycles. The number of aliphatic hydroxyl groups is 1. The van der Waals surface area contributed by atoms with Crippen molar-refractivity contribution in [2.75, 3.05) is 13.2 Å². The number of carbonyl (C=O) groups excluding carboxylic acids is 1. The fourth-order valence-electron chi connectivity index (χ4n) is 2.22. The number of rotatable bonds is 3. The van der Waals surface area contributed by atoms with Crippen molar-refractivity contribution < 1.29 is 9.90 Å². The maximum absolute atomic E-state index is 12.1. The first-order valence-corrected chi connectivity index (χ1v) is 6.67. The maximum atomic E-state index is 12.1. The third kappa shape index (κ3) is 2.81. The van der Waals surface area contributed by atoms with E-state index in [1.54, 1.807) is 17.2 Å². The molecular formula is C12H15BrN2O3. The monoisotopic (exact) mass is 314 g/mol. The van der Waals surface area contributed by atoms with Gasteiger partial charge in [0.2, 0.25) is 5.91 Å². The molecule has 1 atom stereocenters. The highest BCUT2D eigenvalue weighted by Crippen LogP contribution is 2.17. The van der Waals surface area contributed by atoms with Gasteiger partial charge < -0.3 is 14.6 Å². The second-order valence-corrected chi connectivity index (χ2v) is 5.29. The number of pyridine rings is 1. The minimum atomic E-state index is -0.203. The Hall–Kier alpha value is -1.14. The van der Waals surface area contributed by atoms with E-state index in [0.717, 1.165) is 17.3 Å². The third-order valence-corrected chi connectivity index (χ3v) is 3.63. The second-order valence-electron chi connectivity index (χ2n) is 4.38. The molecule has 0 radical (unpaired) electrons. The van der Waals surface area contributed by atoms with Gasteiger partial charge >= 0.3 is 0 Å². The number of halogens is 1. The van der Waals surface area contributed by atoms with Crippen LogP contribution in [0.1, 0.15) is 12.8 Å². The number of hydrogen-bond acceptors (Lipinski definition) is 3. The minimum absolute atomic E-state index is 0.0148. The van der Waals surface area contributed by atoms with Gasteiger partial charge in [-0.3, -0.25) is 9.59 Å². The summed E-state index contributed by atoms with van der Waals surface area (Å²) < 4.78 is 2.13. The summed E-state index contributed by atoms with van der Waals surface area (Å²) in [5, 5.41) is 9.18. The highest BCUT2D eigenvalue weighted by molar-refractivity contribution is 9.10. The Bertz CT molecular complexity index is 500. The molecule has 0 aromatic carbocycles. The highest BCUT2D eigenvalue weighted by Gasteiger charge is 2.27. The van der Waals surface area contributed by atoms with Crippen molar-refractivity contribution in [2.24, 2.45) is 0 Å². The van der Waals surface area contributed by atoms with Crippen LogP contribution >= 0.6 is 15.9 Å². The minimum Gasteiger partial charge on any atom is -0.394 e. The summed E-state index contributed by atoms with van der Waals surface area (Å²) in [7, 11) is 0. The summed E-state index contributed by atoms with van der Waals surface area (Å²) in [4.78, 5) is 25.3. The van der Waals surface area contributed by atoms with Crippen LogP contribution in [0.25, 0.3) is 0 Å². The van der Waals surface area contributed by atoms with Crippen molar-refractivity contribution in [3.05, 3.63) is 33.2 Å². The number of aliphatic hydroxyl groups excluding tert-OH is 1. The molecule has 0 bridgehead atoms. The summed E-state index contributed by atoms with van der Waals surface area (Å²) in [5.41, 5.74) is -0.203. The van der Waals surface area contributed by atoms with Gasteiger partial charge in [0, 0.05) is 23.3 Å². The first-order chi connectivity index (χ1) is 8.61. The first-order valence-electron chi connectivity index (χ1n) is 5.88. The number of hydrogen-bond donors (Lipinski definition) is 1. The van der Waals surface area contributed by atoms with E-state index in [9.17, 15) is 14.7 Å². The van der Waals surface area contributed by atoms with Gasteiger partial charge in [-0.15, -0.1) is 0 Å². The summed E-state index contributed by atoms with van der Waals surface area (Å²) in [6.45, 7) is 0.667. The first kappa shape index (κ1) is 13.3. The molecule has 0 unspecified atom stereocenters. The van der Waals surface area contributed by atoms with Gasteiger partial charge in [-0.1, -0.05) is 0 Å². The van der Waals surface area contributed by atoms with Gasteiger partial charge in [-0.05, 0) is 34.8 Å². The van der Waals surface area contributed by atoms with E-state index < -0.39 is 0 Å². The fraction of sp³-hybridized carbons (Fsp3) is 0.500. The van der Waals surface area contributed by atoms with Crippen LogP contribution in [0, 0.1) is 0 Å². The molecule has 0 saturated carbocycles. The average Bonchev–Trinajstić information content (AvgIpc) is 2.82. The molecular weight excluding hydrogens is 300 g/mol. The molecule has 2 rings (SSSR count). The molecule has 0 aliphatic carbocycles. The van der Waals surface area contributed by atoms with E-state index in [4.69, 9.17) is 0 Å². The van der Waals surface area contributed by atoms with Crippen LogP contribution in [-0.2, 0) is 11.3 Å². The van der Waals surface area contributed by atoms with Gasteiger partial charge in [0.05, 0.1) is 12.6 Å². The fourth-order valence-corrected chi connectivity index (χ4v) is 2.60. The summed E-state index contributed by atoms with van der Waals surface area (Å²) in [6.07, 6.45) is 3.34. The summed E-state index contributed by atoms with van der Waals surface area (Å²) >= 11 is 3.27. The van der Waals surface area contributed by atoms with Crippen LogP contribution in [0.4, 0.5) is 0 Å². The molecule has 18 heavy (non-hydrogen) atoms.